The molecule has 176 valence electrons. The van der Waals surface area contributed by atoms with Gasteiger partial charge in [-0.2, -0.15) is 0 Å². The largest absolute Gasteiger partial charge is 0.495 e. The maximum atomic E-state index is 12.4. The van der Waals surface area contributed by atoms with E-state index in [1.807, 2.05) is 48.6 Å². The molecule has 3 aromatic rings. The van der Waals surface area contributed by atoms with Crippen LogP contribution in [0.15, 0.2) is 66.9 Å². The van der Waals surface area contributed by atoms with Crippen molar-refractivity contribution in [2.24, 2.45) is 0 Å². The van der Waals surface area contributed by atoms with E-state index in [9.17, 15) is 4.79 Å². The predicted octanol–water partition coefficient (Wildman–Crippen LogP) is 6.35. The molecule has 0 radical (unpaired) electrons. The van der Waals surface area contributed by atoms with Crippen molar-refractivity contribution < 1.29 is 23.7 Å². The molecule has 0 unspecified atom stereocenters. The molecule has 0 aliphatic carbocycles. The lowest BCUT2D eigenvalue weighted by molar-refractivity contribution is 0.104. The summed E-state index contributed by atoms with van der Waals surface area (Å²) >= 11 is 6.10. The second-order valence-corrected chi connectivity index (χ2v) is 7.52. The molecule has 0 saturated heterocycles. The van der Waals surface area contributed by atoms with Gasteiger partial charge in [0.05, 0.1) is 33.5 Å². The fourth-order valence-electron chi connectivity index (χ4n) is 3.25. The van der Waals surface area contributed by atoms with Crippen molar-refractivity contribution in [1.82, 2.24) is 0 Å². The van der Waals surface area contributed by atoms with E-state index in [1.54, 1.807) is 45.7 Å². The molecule has 0 saturated carbocycles. The van der Waals surface area contributed by atoms with Crippen LogP contribution in [0.1, 0.15) is 21.5 Å². The number of anilines is 1. The van der Waals surface area contributed by atoms with Gasteiger partial charge in [-0.1, -0.05) is 35.9 Å². The third kappa shape index (κ3) is 6.11. The molecule has 0 heterocycles. The van der Waals surface area contributed by atoms with Crippen LogP contribution in [-0.4, -0.2) is 34.2 Å². The Labute approximate surface area is 204 Å². The number of benzene rings is 3. The average Bonchev–Trinajstić information content (AvgIpc) is 2.86. The predicted molar refractivity (Wildman–Crippen MR) is 137 cm³/mol. The SMILES string of the molecule is COc1ccc(C(=O)/C=C\Nc2cccc(/C=C/c3cc(OC)c(OC)c(OC)c3)c2)cc1Cl. The molecule has 0 atom stereocenters. The fourth-order valence-corrected chi connectivity index (χ4v) is 3.51. The van der Waals surface area contributed by atoms with Crippen LogP contribution in [0.4, 0.5) is 5.69 Å². The standard InChI is InChI=1S/C27H26ClNO5/c1-31-24-11-10-20(17-22(24)28)23(30)12-13-29-21-7-5-6-18(14-21)8-9-19-15-25(32-2)27(34-4)26(16-19)33-3/h5-17,29H,1-4H3/b9-8+,13-12-. The van der Waals surface area contributed by atoms with Gasteiger partial charge in [0.1, 0.15) is 5.75 Å². The van der Waals surface area contributed by atoms with Crippen LogP contribution in [0.2, 0.25) is 5.02 Å². The lowest BCUT2D eigenvalue weighted by Gasteiger charge is -2.12. The van der Waals surface area contributed by atoms with E-state index in [-0.39, 0.29) is 5.78 Å². The Morgan fingerprint density at radius 3 is 2.09 bits per heavy atom. The molecular formula is C27H26ClNO5. The minimum Gasteiger partial charge on any atom is -0.495 e. The zero-order valence-electron chi connectivity index (χ0n) is 19.4. The summed E-state index contributed by atoms with van der Waals surface area (Å²) in [4.78, 5) is 12.4. The number of methoxy groups -OCH3 is 4. The topological polar surface area (TPSA) is 66.0 Å². The number of allylic oxidation sites excluding steroid dienone is 1. The highest BCUT2D eigenvalue weighted by atomic mass is 35.5. The van der Waals surface area contributed by atoms with Crippen LogP contribution < -0.4 is 24.3 Å². The third-order valence-corrected chi connectivity index (χ3v) is 5.26. The number of ether oxygens (including phenoxy) is 4. The van der Waals surface area contributed by atoms with Gasteiger partial charge in [0.2, 0.25) is 5.75 Å². The second-order valence-electron chi connectivity index (χ2n) is 7.11. The van der Waals surface area contributed by atoms with E-state index < -0.39 is 0 Å². The quantitative estimate of drug-likeness (QED) is 0.207. The van der Waals surface area contributed by atoms with Crippen LogP contribution in [0.25, 0.3) is 12.2 Å². The summed E-state index contributed by atoms with van der Waals surface area (Å²) in [6, 6.07) is 16.5. The summed E-state index contributed by atoms with van der Waals surface area (Å²) in [6.07, 6.45) is 6.98. The van der Waals surface area contributed by atoms with Gasteiger partial charge in [-0.25, -0.2) is 0 Å². The van der Waals surface area contributed by atoms with Crippen molar-refractivity contribution in [2.45, 2.75) is 0 Å². The normalized spacial score (nSPS) is 11.0. The van der Waals surface area contributed by atoms with Crippen molar-refractivity contribution in [1.29, 1.82) is 0 Å². The van der Waals surface area contributed by atoms with Gasteiger partial charge in [-0.15, -0.1) is 0 Å². The van der Waals surface area contributed by atoms with Crippen molar-refractivity contribution in [3.05, 3.63) is 88.6 Å². The Morgan fingerprint density at radius 1 is 0.794 bits per heavy atom. The van der Waals surface area contributed by atoms with Crippen molar-refractivity contribution in [2.75, 3.05) is 33.8 Å². The summed E-state index contributed by atoms with van der Waals surface area (Å²) in [5.74, 6) is 2.08. The molecule has 7 heteroatoms. The third-order valence-electron chi connectivity index (χ3n) is 4.96. The lowest BCUT2D eigenvalue weighted by atomic mass is 10.1. The van der Waals surface area contributed by atoms with Gasteiger partial charge in [-0.05, 0) is 53.6 Å². The summed E-state index contributed by atoms with van der Waals surface area (Å²) < 4.78 is 21.3. The van der Waals surface area contributed by atoms with Gasteiger partial charge >= 0.3 is 0 Å². The summed E-state index contributed by atoms with van der Waals surface area (Å²) in [5, 5.41) is 3.51. The summed E-state index contributed by atoms with van der Waals surface area (Å²) in [6.45, 7) is 0. The highest BCUT2D eigenvalue weighted by Crippen LogP contribution is 2.38. The van der Waals surface area contributed by atoms with Crippen LogP contribution >= 0.6 is 11.6 Å². The number of carbonyl (C=O) groups is 1. The molecule has 34 heavy (non-hydrogen) atoms. The number of ketones is 1. The van der Waals surface area contributed by atoms with E-state index in [1.165, 1.54) is 13.2 Å². The molecule has 0 aromatic heterocycles. The summed E-state index contributed by atoms with van der Waals surface area (Å²) in [5.41, 5.74) is 3.19. The first kappa shape index (κ1) is 24.7. The second kappa shape index (κ2) is 11.8. The van der Waals surface area contributed by atoms with E-state index in [4.69, 9.17) is 30.5 Å². The molecule has 0 aliphatic heterocycles. The first-order chi connectivity index (χ1) is 16.5. The van der Waals surface area contributed by atoms with E-state index in [2.05, 4.69) is 5.32 Å². The number of hydrogen-bond donors (Lipinski definition) is 1. The maximum Gasteiger partial charge on any atom is 0.203 e. The van der Waals surface area contributed by atoms with E-state index in [0.717, 1.165) is 16.8 Å². The Balaban J connectivity index is 1.70. The molecule has 0 fully saturated rings. The fraction of sp³-hybridized carbons (Fsp3) is 0.148. The Hall–Kier alpha value is -3.90. The number of halogens is 1. The van der Waals surface area contributed by atoms with Crippen LogP contribution in [0, 0.1) is 0 Å². The smallest absolute Gasteiger partial charge is 0.203 e. The molecule has 3 aromatic carbocycles. The van der Waals surface area contributed by atoms with Gasteiger partial charge in [0, 0.05) is 23.5 Å². The molecule has 6 nitrogen and oxygen atoms in total. The van der Waals surface area contributed by atoms with Crippen molar-refractivity contribution in [3.8, 4) is 23.0 Å². The number of hydrogen-bond acceptors (Lipinski definition) is 6. The van der Waals surface area contributed by atoms with E-state index >= 15 is 0 Å². The zero-order chi connectivity index (χ0) is 24.5. The van der Waals surface area contributed by atoms with Crippen LogP contribution in [-0.2, 0) is 0 Å². The minimum absolute atomic E-state index is 0.171. The lowest BCUT2D eigenvalue weighted by Crippen LogP contribution is -1.97. The highest BCUT2D eigenvalue weighted by molar-refractivity contribution is 6.32. The number of rotatable bonds is 10. The molecule has 0 bridgehead atoms. The minimum atomic E-state index is -0.171. The molecule has 1 N–H and O–H groups in total. The molecular weight excluding hydrogens is 454 g/mol. The first-order valence-electron chi connectivity index (χ1n) is 10.4. The molecule has 3 rings (SSSR count). The monoisotopic (exact) mass is 479 g/mol. The van der Waals surface area contributed by atoms with Gasteiger partial charge in [0.25, 0.3) is 0 Å². The van der Waals surface area contributed by atoms with E-state index in [0.29, 0.717) is 33.6 Å². The van der Waals surface area contributed by atoms with Crippen LogP contribution in [0.5, 0.6) is 23.0 Å². The average molecular weight is 480 g/mol. The van der Waals surface area contributed by atoms with Crippen molar-refractivity contribution >= 4 is 35.2 Å². The first-order valence-corrected chi connectivity index (χ1v) is 10.8. The van der Waals surface area contributed by atoms with Gasteiger partial charge < -0.3 is 24.3 Å². The summed E-state index contributed by atoms with van der Waals surface area (Å²) in [7, 11) is 6.27. The Bertz CT molecular complexity index is 1190. The molecule has 0 aliphatic rings. The van der Waals surface area contributed by atoms with Crippen molar-refractivity contribution in [3.63, 3.8) is 0 Å². The van der Waals surface area contributed by atoms with Gasteiger partial charge in [0.15, 0.2) is 17.3 Å². The highest BCUT2D eigenvalue weighted by Gasteiger charge is 2.12. The Morgan fingerprint density at radius 2 is 1.47 bits per heavy atom. The molecule has 0 amide bonds. The molecule has 0 spiro atoms. The maximum absolute atomic E-state index is 12.4. The number of nitrogens with one attached hydrogen (secondary N) is 1. The number of carbonyl (C=O) groups excluding carboxylic acids is 1. The van der Waals surface area contributed by atoms with Crippen LogP contribution in [0.3, 0.4) is 0 Å². The van der Waals surface area contributed by atoms with Gasteiger partial charge in [-0.3, -0.25) is 4.79 Å². The Kier molecular flexibility index (Phi) is 8.60. The zero-order valence-corrected chi connectivity index (χ0v) is 20.2.